The fraction of sp³-hybridized carbons (Fsp3) is 0.353. The molecule has 0 bridgehead atoms. The Morgan fingerprint density at radius 3 is 2.30 bits per heavy atom. The minimum absolute atomic E-state index is 0.0424. The minimum atomic E-state index is -1.36. The number of hydrogen-bond acceptors (Lipinski definition) is 6. The molecule has 1 atom stereocenters. The summed E-state index contributed by atoms with van der Waals surface area (Å²) in [6.45, 7) is 3.47. The number of nitrogens with zero attached hydrogens (tertiary/aromatic N) is 2. The highest BCUT2D eigenvalue weighted by Gasteiger charge is 2.44. The van der Waals surface area contributed by atoms with Crippen LogP contribution in [-0.2, 0) is 9.59 Å². The van der Waals surface area contributed by atoms with Crippen LogP contribution in [0.3, 0.4) is 0 Å². The molecule has 2 N–H and O–H groups in total. The monoisotopic (exact) mass is 600 g/mol. The second-order valence-corrected chi connectivity index (χ2v) is 11.5. The number of carboxylic acids is 1. The van der Waals surface area contributed by atoms with Gasteiger partial charge in [0.25, 0.3) is 5.91 Å². The van der Waals surface area contributed by atoms with E-state index in [0.29, 0.717) is 11.4 Å². The van der Waals surface area contributed by atoms with Gasteiger partial charge in [-0.1, -0.05) is 36.8 Å². The summed E-state index contributed by atoms with van der Waals surface area (Å²) in [5, 5.41) is 16.4. The van der Waals surface area contributed by atoms with Gasteiger partial charge in [-0.25, -0.2) is 14.1 Å². The fourth-order valence-electron chi connectivity index (χ4n) is 5.84. The summed E-state index contributed by atoms with van der Waals surface area (Å²) in [6, 6.07) is 18.2. The molecule has 4 rings (SSSR count). The van der Waals surface area contributed by atoms with Crippen molar-refractivity contribution in [2.75, 3.05) is 37.5 Å². The quantitative estimate of drug-likeness (QED) is 0.334. The molecular formula is C34H40N4O6. The third kappa shape index (κ3) is 7.62. The summed E-state index contributed by atoms with van der Waals surface area (Å²) < 4.78 is 6.01. The maximum atomic E-state index is 14.0. The third-order valence-corrected chi connectivity index (χ3v) is 8.26. The van der Waals surface area contributed by atoms with Crippen LogP contribution in [0.2, 0.25) is 0 Å². The number of rotatable bonds is 10. The van der Waals surface area contributed by atoms with Gasteiger partial charge in [0.05, 0.1) is 13.0 Å². The Hall–Kier alpha value is -4.70. The van der Waals surface area contributed by atoms with E-state index in [0.717, 1.165) is 48.9 Å². The van der Waals surface area contributed by atoms with Gasteiger partial charge in [0.2, 0.25) is 0 Å². The van der Waals surface area contributed by atoms with Gasteiger partial charge < -0.3 is 30.2 Å². The van der Waals surface area contributed by atoms with Crippen LogP contribution in [0.25, 0.3) is 0 Å². The van der Waals surface area contributed by atoms with E-state index in [4.69, 9.17) is 4.74 Å². The zero-order valence-electron chi connectivity index (χ0n) is 25.7. The zero-order chi connectivity index (χ0) is 31.9. The van der Waals surface area contributed by atoms with Gasteiger partial charge in [-0.2, -0.15) is 0 Å². The molecule has 4 amide bonds. The summed E-state index contributed by atoms with van der Waals surface area (Å²) in [7, 11) is 3.55. The Morgan fingerprint density at radius 1 is 0.932 bits per heavy atom. The number of carbonyl (C=O) groups is 4. The minimum Gasteiger partial charge on any atom is -0.545 e. The molecule has 1 aliphatic carbocycles. The van der Waals surface area contributed by atoms with E-state index in [1.54, 1.807) is 30.1 Å². The first-order chi connectivity index (χ1) is 21.0. The van der Waals surface area contributed by atoms with Gasteiger partial charge in [0.1, 0.15) is 12.6 Å². The van der Waals surface area contributed by atoms with E-state index < -0.39 is 12.0 Å². The van der Waals surface area contributed by atoms with Crippen molar-refractivity contribution in [3.05, 3.63) is 83.4 Å². The van der Waals surface area contributed by atoms with Gasteiger partial charge in [-0.15, -0.1) is 0 Å². The number of ether oxygens (including phenoxy) is 1. The Bertz CT molecular complexity index is 1510. The first kappa shape index (κ1) is 32.2. The van der Waals surface area contributed by atoms with E-state index in [9.17, 15) is 24.3 Å². The van der Waals surface area contributed by atoms with Crippen molar-refractivity contribution >= 4 is 40.9 Å². The lowest BCUT2D eigenvalue weighted by atomic mass is 9.91. The molecule has 1 fully saturated rings. The van der Waals surface area contributed by atoms with Crippen LogP contribution in [0.15, 0.2) is 66.7 Å². The first-order valence-corrected chi connectivity index (χ1v) is 14.8. The molecule has 44 heavy (non-hydrogen) atoms. The van der Waals surface area contributed by atoms with Gasteiger partial charge in [0.15, 0.2) is 18.0 Å². The largest absolute Gasteiger partial charge is 0.545 e. The highest BCUT2D eigenvalue weighted by molar-refractivity contribution is 5.97. The molecule has 1 aliphatic rings. The lowest BCUT2D eigenvalue weighted by molar-refractivity contribution is -0.255. The fourth-order valence-corrected chi connectivity index (χ4v) is 5.84. The maximum absolute atomic E-state index is 14.0. The van der Waals surface area contributed by atoms with Gasteiger partial charge >= 0.3 is 11.9 Å². The number of benzene rings is 3. The summed E-state index contributed by atoms with van der Waals surface area (Å²) in [5.74, 6) is -1.40. The molecule has 0 aliphatic heterocycles. The number of nitrogens with one attached hydrogen (secondary N) is 2. The molecule has 3 aromatic carbocycles. The summed E-state index contributed by atoms with van der Waals surface area (Å²) in [4.78, 5) is 52.6. The Kier molecular flexibility index (Phi) is 10.4. The van der Waals surface area contributed by atoms with Crippen LogP contribution in [0.4, 0.5) is 21.9 Å². The Morgan fingerprint density at radius 2 is 1.61 bits per heavy atom. The van der Waals surface area contributed by atoms with Crippen LogP contribution in [-0.4, -0.2) is 57.1 Å². The average Bonchev–Trinajstić information content (AvgIpc) is 3.01. The Labute approximate surface area is 258 Å². The standard InChI is InChI=1S/C34H40N4O6/c1-23-17-24(2)19-27(18-23)37(3)31(39)22-44-30-16-9-8-15-29(30)38(4,28-13-6-5-7-14-28)32(40)21-35-34(43)36-26-12-10-11-25(20-26)33(41)42/h8-12,15-20,28H,5-7,13-14,21-22H2,1-4H3,(H2-,35,36,41,42,43). The van der Waals surface area contributed by atoms with Crippen molar-refractivity contribution in [3.8, 4) is 5.75 Å². The molecule has 0 radical (unpaired) electrons. The number of anilines is 2. The van der Waals surface area contributed by atoms with Crippen molar-refractivity contribution in [1.82, 2.24) is 9.80 Å². The topological polar surface area (TPSA) is 128 Å². The number of urea groups is 1. The molecule has 0 saturated heterocycles. The molecule has 3 aromatic rings. The van der Waals surface area contributed by atoms with E-state index in [2.05, 4.69) is 10.6 Å². The van der Waals surface area contributed by atoms with Gasteiger partial charge in [-0.3, -0.25) is 4.79 Å². The molecule has 232 valence electrons. The number of carbonyl (C=O) groups excluding carboxylic acids is 4. The lowest BCUT2D eigenvalue weighted by Crippen LogP contribution is -2.61. The molecule has 0 aromatic heterocycles. The smallest absolute Gasteiger partial charge is 0.338 e. The van der Waals surface area contributed by atoms with Crippen LogP contribution in [0.1, 0.15) is 53.6 Å². The van der Waals surface area contributed by atoms with Crippen molar-refractivity contribution in [3.63, 3.8) is 0 Å². The van der Waals surface area contributed by atoms with Crippen LogP contribution >= 0.6 is 0 Å². The number of hydrogen-bond donors (Lipinski definition) is 2. The van der Waals surface area contributed by atoms with Crippen molar-refractivity contribution in [1.29, 1.82) is 0 Å². The highest BCUT2D eigenvalue weighted by Crippen LogP contribution is 2.39. The second kappa shape index (κ2) is 14.2. The molecule has 0 spiro atoms. The van der Waals surface area contributed by atoms with Gasteiger partial charge in [-0.05, 0) is 73.7 Å². The molecule has 10 nitrogen and oxygen atoms in total. The van der Waals surface area contributed by atoms with E-state index in [1.807, 2.05) is 51.2 Å². The summed E-state index contributed by atoms with van der Waals surface area (Å²) in [6.07, 6.45) is 4.71. The normalized spacial score (nSPS) is 14.6. The predicted octanol–water partition coefficient (Wildman–Crippen LogP) is 4.33. The number of amides is 4. The number of aryl methyl sites for hydroxylation is 2. The van der Waals surface area contributed by atoms with Crippen molar-refractivity contribution in [2.24, 2.45) is 0 Å². The highest BCUT2D eigenvalue weighted by atomic mass is 16.5. The Balaban J connectivity index is 1.52. The second-order valence-electron chi connectivity index (χ2n) is 11.5. The summed E-state index contributed by atoms with van der Waals surface area (Å²) >= 11 is 0. The van der Waals surface area contributed by atoms with Gasteiger partial charge in [0, 0.05) is 37.3 Å². The zero-order valence-corrected chi connectivity index (χ0v) is 25.7. The number of carboxylic acid groups (broad SMARTS) is 1. The van der Waals surface area contributed by atoms with Crippen LogP contribution in [0.5, 0.6) is 5.75 Å². The van der Waals surface area contributed by atoms with E-state index in [-0.39, 0.29) is 46.7 Å². The molecule has 0 heterocycles. The maximum Gasteiger partial charge on any atom is 0.338 e. The SMILES string of the molecule is Cc1cc(C)cc(N(C)C(=O)COc2ccccc2[N+](C)(C(=O)CNC(=O)Nc2cccc(C(=O)[O-])c2)C2CCCCC2)c1. The lowest BCUT2D eigenvalue weighted by Gasteiger charge is -2.41. The number of quaternary nitrogens is 1. The van der Waals surface area contributed by atoms with E-state index >= 15 is 0 Å². The number of para-hydroxylation sites is 2. The van der Waals surface area contributed by atoms with Crippen molar-refractivity contribution < 1.29 is 29.0 Å². The summed E-state index contributed by atoms with van der Waals surface area (Å²) in [5.41, 5.74) is 3.69. The average molecular weight is 601 g/mol. The molecule has 10 heteroatoms. The number of likely N-dealkylation sites (N-methyl/N-ethyl adjacent to an activating group) is 2. The first-order valence-electron chi connectivity index (χ1n) is 14.8. The van der Waals surface area contributed by atoms with Crippen molar-refractivity contribution in [2.45, 2.75) is 52.0 Å². The van der Waals surface area contributed by atoms with Crippen LogP contribution < -0.4 is 29.9 Å². The molecule has 1 saturated carbocycles. The predicted molar refractivity (Wildman–Crippen MR) is 169 cm³/mol. The third-order valence-electron chi connectivity index (χ3n) is 8.26. The molecule has 1 unspecified atom stereocenters. The van der Waals surface area contributed by atoms with Crippen LogP contribution in [0, 0.1) is 13.8 Å². The molecular weight excluding hydrogens is 560 g/mol. The van der Waals surface area contributed by atoms with E-state index in [1.165, 1.54) is 18.2 Å². The number of aromatic carboxylic acids is 1.